The van der Waals surface area contributed by atoms with E-state index in [1.54, 1.807) is 0 Å². The zero-order valence-corrected chi connectivity index (χ0v) is 13.0. The molecular weight excluding hydrogens is 302 g/mol. The third-order valence-electron chi connectivity index (χ3n) is 3.42. The molecule has 0 bridgehead atoms. The SMILES string of the molecule is CC(CCNC(C)c1ccc(Br)o1)c1ccccc1. The van der Waals surface area contributed by atoms with Gasteiger partial charge in [0, 0.05) is 0 Å². The lowest BCUT2D eigenvalue weighted by atomic mass is 9.98. The number of hydrogen-bond donors (Lipinski definition) is 1. The second-order valence-corrected chi connectivity index (χ2v) is 5.70. The van der Waals surface area contributed by atoms with E-state index >= 15 is 0 Å². The first-order valence-electron chi connectivity index (χ1n) is 6.70. The highest BCUT2D eigenvalue weighted by Crippen LogP contribution is 2.21. The van der Waals surface area contributed by atoms with Crippen molar-refractivity contribution in [1.29, 1.82) is 0 Å². The Balaban J connectivity index is 1.77. The van der Waals surface area contributed by atoms with E-state index in [4.69, 9.17) is 4.42 Å². The molecule has 1 heterocycles. The van der Waals surface area contributed by atoms with Crippen molar-refractivity contribution in [3.63, 3.8) is 0 Å². The number of furan rings is 1. The Morgan fingerprint density at radius 2 is 1.84 bits per heavy atom. The summed E-state index contributed by atoms with van der Waals surface area (Å²) in [5.41, 5.74) is 1.40. The zero-order valence-electron chi connectivity index (χ0n) is 11.4. The van der Waals surface area contributed by atoms with Gasteiger partial charge in [-0.15, -0.1) is 0 Å². The zero-order chi connectivity index (χ0) is 13.7. The molecule has 19 heavy (non-hydrogen) atoms. The molecule has 1 N–H and O–H groups in total. The van der Waals surface area contributed by atoms with E-state index in [0.717, 1.165) is 23.4 Å². The molecule has 0 radical (unpaired) electrons. The molecule has 3 heteroatoms. The van der Waals surface area contributed by atoms with E-state index in [1.165, 1.54) is 5.56 Å². The Labute approximate surface area is 123 Å². The van der Waals surface area contributed by atoms with Crippen LogP contribution in [0.1, 0.15) is 43.6 Å². The topological polar surface area (TPSA) is 25.2 Å². The average Bonchev–Trinajstić information content (AvgIpc) is 2.86. The van der Waals surface area contributed by atoms with Gasteiger partial charge in [-0.1, -0.05) is 37.3 Å². The fraction of sp³-hybridized carbons (Fsp3) is 0.375. The van der Waals surface area contributed by atoms with E-state index in [9.17, 15) is 0 Å². The lowest BCUT2D eigenvalue weighted by molar-refractivity contribution is 0.413. The van der Waals surface area contributed by atoms with Gasteiger partial charge in [0.2, 0.25) is 0 Å². The number of rotatable bonds is 6. The van der Waals surface area contributed by atoms with Gasteiger partial charge in [0.25, 0.3) is 0 Å². The van der Waals surface area contributed by atoms with Gasteiger partial charge in [0.05, 0.1) is 6.04 Å². The predicted molar refractivity (Wildman–Crippen MR) is 82.3 cm³/mol. The van der Waals surface area contributed by atoms with Crippen LogP contribution in [0.5, 0.6) is 0 Å². The Morgan fingerprint density at radius 3 is 2.47 bits per heavy atom. The van der Waals surface area contributed by atoms with Crippen molar-refractivity contribution in [3.05, 3.63) is 58.5 Å². The molecule has 1 aromatic heterocycles. The van der Waals surface area contributed by atoms with E-state index in [1.807, 2.05) is 12.1 Å². The van der Waals surface area contributed by atoms with Gasteiger partial charge in [-0.25, -0.2) is 0 Å². The van der Waals surface area contributed by atoms with Gasteiger partial charge in [-0.05, 0) is 59.4 Å². The van der Waals surface area contributed by atoms with Crippen molar-refractivity contribution in [2.75, 3.05) is 6.54 Å². The molecule has 2 unspecified atom stereocenters. The molecule has 0 saturated carbocycles. The van der Waals surface area contributed by atoms with Crippen LogP contribution in [0.3, 0.4) is 0 Å². The summed E-state index contributed by atoms with van der Waals surface area (Å²) in [6, 6.07) is 14.8. The van der Waals surface area contributed by atoms with Gasteiger partial charge in [0.1, 0.15) is 5.76 Å². The molecule has 0 aliphatic rings. The summed E-state index contributed by atoms with van der Waals surface area (Å²) in [6.45, 7) is 5.37. The van der Waals surface area contributed by atoms with Crippen molar-refractivity contribution in [2.45, 2.75) is 32.2 Å². The van der Waals surface area contributed by atoms with E-state index in [0.29, 0.717) is 5.92 Å². The van der Waals surface area contributed by atoms with Crippen molar-refractivity contribution in [3.8, 4) is 0 Å². The van der Waals surface area contributed by atoms with Crippen LogP contribution in [0.4, 0.5) is 0 Å². The summed E-state index contributed by atoms with van der Waals surface area (Å²) in [7, 11) is 0. The Hall–Kier alpha value is -1.06. The van der Waals surface area contributed by atoms with Gasteiger partial charge in [0.15, 0.2) is 4.67 Å². The van der Waals surface area contributed by atoms with Crippen LogP contribution in [-0.2, 0) is 0 Å². The molecule has 0 saturated heterocycles. The van der Waals surface area contributed by atoms with Crippen LogP contribution >= 0.6 is 15.9 Å². The third-order valence-corrected chi connectivity index (χ3v) is 3.84. The maximum atomic E-state index is 5.54. The molecule has 0 aliphatic heterocycles. The fourth-order valence-corrected chi connectivity index (χ4v) is 2.45. The molecular formula is C16H20BrNO. The summed E-state index contributed by atoms with van der Waals surface area (Å²) in [5, 5.41) is 3.50. The maximum absolute atomic E-state index is 5.54. The third kappa shape index (κ3) is 4.22. The Bertz CT molecular complexity index is 494. The van der Waals surface area contributed by atoms with E-state index in [2.05, 4.69) is 65.4 Å². The van der Waals surface area contributed by atoms with E-state index in [-0.39, 0.29) is 6.04 Å². The molecule has 0 aliphatic carbocycles. The molecule has 2 rings (SSSR count). The number of benzene rings is 1. The molecule has 102 valence electrons. The largest absolute Gasteiger partial charge is 0.453 e. The number of nitrogens with one attached hydrogen (secondary N) is 1. The lowest BCUT2D eigenvalue weighted by Crippen LogP contribution is -2.20. The average molecular weight is 322 g/mol. The van der Waals surface area contributed by atoms with Crippen molar-refractivity contribution < 1.29 is 4.42 Å². The van der Waals surface area contributed by atoms with Crippen LogP contribution in [0.25, 0.3) is 0 Å². The Kier molecular flexibility index (Phi) is 5.23. The molecule has 0 fully saturated rings. The second-order valence-electron chi connectivity index (χ2n) is 4.92. The van der Waals surface area contributed by atoms with Crippen molar-refractivity contribution >= 4 is 15.9 Å². The van der Waals surface area contributed by atoms with Gasteiger partial charge in [-0.3, -0.25) is 0 Å². The molecule has 2 nitrogen and oxygen atoms in total. The first-order valence-corrected chi connectivity index (χ1v) is 7.49. The summed E-state index contributed by atoms with van der Waals surface area (Å²) in [4.78, 5) is 0. The van der Waals surface area contributed by atoms with Crippen molar-refractivity contribution in [2.24, 2.45) is 0 Å². The number of halogens is 1. The molecule has 2 aromatic rings. The predicted octanol–water partition coefficient (Wildman–Crippen LogP) is 4.89. The lowest BCUT2D eigenvalue weighted by Gasteiger charge is -2.15. The fourth-order valence-electron chi connectivity index (χ4n) is 2.13. The van der Waals surface area contributed by atoms with Crippen LogP contribution in [0.15, 0.2) is 51.6 Å². The monoisotopic (exact) mass is 321 g/mol. The van der Waals surface area contributed by atoms with Crippen molar-refractivity contribution in [1.82, 2.24) is 5.32 Å². The van der Waals surface area contributed by atoms with Crippen LogP contribution in [0.2, 0.25) is 0 Å². The smallest absolute Gasteiger partial charge is 0.169 e. The summed E-state index contributed by atoms with van der Waals surface area (Å²) < 4.78 is 6.33. The first kappa shape index (κ1) is 14.4. The first-order chi connectivity index (χ1) is 9.16. The highest BCUT2D eigenvalue weighted by molar-refractivity contribution is 9.10. The molecule has 0 spiro atoms. The van der Waals surface area contributed by atoms with E-state index < -0.39 is 0 Å². The van der Waals surface area contributed by atoms with Crippen LogP contribution < -0.4 is 5.32 Å². The standard InChI is InChI=1S/C16H20BrNO/c1-12(14-6-4-3-5-7-14)10-11-18-13(2)15-8-9-16(17)19-15/h3-9,12-13,18H,10-11H2,1-2H3. The summed E-state index contributed by atoms with van der Waals surface area (Å²) in [6.07, 6.45) is 1.12. The van der Waals surface area contributed by atoms with Gasteiger partial charge < -0.3 is 9.73 Å². The number of hydrogen-bond acceptors (Lipinski definition) is 2. The summed E-state index contributed by atoms with van der Waals surface area (Å²) in [5.74, 6) is 1.54. The maximum Gasteiger partial charge on any atom is 0.169 e. The van der Waals surface area contributed by atoms with Crippen LogP contribution in [-0.4, -0.2) is 6.54 Å². The summed E-state index contributed by atoms with van der Waals surface area (Å²) >= 11 is 3.33. The normalized spacial score (nSPS) is 14.3. The quantitative estimate of drug-likeness (QED) is 0.819. The van der Waals surface area contributed by atoms with Gasteiger partial charge >= 0.3 is 0 Å². The minimum absolute atomic E-state index is 0.245. The van der Waals surface area contributed by atoms with Crippen LogP contribution in [0, 0.1) is 0 Å². The molecule has 0 amide bonds. The highest BCUT2D eigenvalue weighted by Gasteiger charge is 2.10. The second kappa shape index (κ2) is 6.92. The molecule has 1 aromatic carbocycles. The minimum atomic E-state index is 0.245. The highest BCUT2D eigenvalue weighted by atomic mass is 79.9. The van der Waals surface area contributed by atoms with Gasteiger partial charge in [-0.2, -0.15) is 0 Å². The Morgan fingerprint density at radius 1 is 1.11 bits per heavy atom. The minimum Gasteiger partial charge on any atom is -0.453 e. The molecule has 2 atom stereocenters.